The van der Waals surface area contributed by atoms with Crippen molar-refractivity contribution in [1.82, 2.24) is 4.90 Å². The van der Waals surface area contributed by atoms with Gasteiger partial charge in [-0.15, -0.1) is 0 Å². The van der Waals surface area contributed by atoms with Gasteiger partial charge in [0.1, 0.15) is 12.4 Å². The molecule has 0 heterocycles. The number of benzene rings is 1. The van der Waals surface area contributed by atoms with Gasteiger partial charge >= 0.3 is 0 Å². The molecule has 1 aromatic carbocycles. The van der Waals surface area contributed by atoms with E-state index < -0.39 is 0 Å². The van der Waals surface area contributed by atoms with Crippen LogP contribution in [-0.2, 0) is 0 Å². The van der Waals surface area contributed by atoms with Crippen molar-refractivity contribution in [2.24, 2.45) is 5.73 Å². The van der Waals surface area contributed by atoms with Gasteiger partial charge in [-0.1, -0.05) is 22.0 Å². The summed E-state index contributed by atoms with van der Waals surface area (Å²) in [6.07, 6.45) is 3.16. The molecule has 3 N–H and O–H groups in total. The third-order valence-corrected chi connectivity index (χ3v) is 3.67. The van der Waals surface area contributed by atoms with Crippen LogP contribution in [0.15, 0.2) is 28.7 Å². The summed E-state index contributed by atoms with van der Waals surface area (Å²) in [6, 6.07) is 8.55. The maximum atomic E-state index is 7.30. The summed E-state index contributed by atoms with van der Waals surface area (Å²) in [5.41, 5.74) is 5.42. The molecule has 1 aliphatic rings. The number of rotatable bonds is 8. The van der Waals surface area contributed by atoms with Crippen LogP contribution >= 0.6 is 15.9 Å². The fourth-order valence-corrected chi connectivity index (χ4v) is 2.40. The topological polar surface area (TPSA) is 62.3 Å². The number of hydrogen-bond donors (Lipinski definition) is 2. The Kier molecular flexibility index (Phi) is 5.22. The SMILES string of the molecule is N=C(N)CCN(CCOc1cccc(Br)c1)C1CC1. The lowest BCUT2D eigenvalue weighted by molar-refractivity contribution is 0.205. The fourth-order valence-electron chi connectivity index (χ4n) is 2.02. The van der Waals surface area contributed by atoms with Crippen molar-refractivity contribution in [1.29, 1.82) is 5.41 Å². The van der Waals surface area contributed by atoms with E-state index in [1.807, 2.05) is 24.3 Å². The van der Waals surface area contributed by atoms with Gasteiger partial charge in [0.15, 0.2) is 0 Å². The van der Waals surface area contributed by atoms with Crippen LogP contribution in [0, 0.1) is 5.41 Å². The summed E-state index contributed by atoms with van der Waals surface area (Å²) in [5, 5.41) is 7.30. The molecule has 0 aliphatic heterocycles. The van der Waals surface area contributed by atoms with E-state index in [0.29, 0.717) is 19.1 Å². The molecule has 19 heavy (non-hydrogen) atoms. The maximum absolute atomic E-state index is 7.30. The molecule has 0 bridgehead atoms. The van der Waals surface area contributed by atoms with E-state index in [0.717, 1.165) is 23.3 Å². The number of hydrogen-bond acceptors (Lipinski definition) is 3. The number of ether oxygens (including phenoxy) is 1. The zero-order valence-corrected chi connectivity index (χ0v) is 12.5. The Hall–Kier alpha value is -1.07. The monoisotopic (exact) mass is 325 g/mol. The molecule has 104 valence electrons. The lowest BCUT2D eigenvalue weighted by Crippen LogP contribution is -2.33. The van der Waals surface area contributed by atoms with E-state index in [9.17, 15) is 0 Å². The van der Waals surface area contributed by atoms with Crippen molar-refractivity contribution >= 4 is 21.8 Å². The average molecular weight is 326 g/mol. The van der Waals surface area contributed by atoms with Gasteiger partial charge < -0.3 is 10.5 Å². The zero-order chi connectivity index (χ0) is 13.7. The van der Waals surface area contributed by atoms with E-state index in [1.54, 1.807) is 0 Å². The Morgan fingerprint density at radius 1 is 1.42 bits per heavy atom. The number of nitrogens with one attached hydrogen (secondary N) is 1. The summed E-state index contributed by atoms with van der Waals surface area (Å²) in [6.45, 7) is 2.43. The van der Waals surface area contributed by atoms with Crippen LogP contribution in [0.5, 0.6) is 5.75 Å². The fraction of sp³-hybridized carbons (Fsp3) is 0.500. The number of amidine groups is 1. The van der Waals surface area contributed by atoms with Crippen molar-refractivity contribution in [3.05, 3.63) is 28.7 Å². The highest BCUT2D eigenvalue weighted by atomic mass is 79.9. The summed E-state index contributed by atoms with van der Waals surface area (Å²) < 4.78 is 6.77. The van der Waals surface area contributed by atoms with Gasteiger partial charge in [0, 0.05) is 30.0 Å². The Labute approximate surface area is 122 Å². The minimum atomic E-state index is 0.263. The normalized spacial score (nSPS) is 14.6. The Bertz CT molecular complexity index is 434. The average Bonchev–Trinajstić information content (AvgIpc) is 3.17. The van der Waals surface area contributed by atoms with E-state index in [2.05, 4.69) is 20.8 Å². The first-order valence-electron chi connectivity index (χ1n) is 6.60. The first kappa shape index (κ1) is 14.3. The van der Waals surface area contributed by atoms with E-state index in [4.69, 9.17) is 15.9 Å². The summed E-state index contributed by atoms with van der Waals surface area (Å²) in [5.74, 6) is 1.15. The Morgan fingerprint density at radius 3 is 2.84 bits per heavy atom. The Morgan fingerprint density at radius 2 is 2.21 bits per heavy atom. The van der Waals surface area contributed by atoms with Crippen molar-refractivity contribution in [3.63, 3.8) is 0 Å². The molecule has 2 rings (SSSR count). The van der Waals surface area contributed by atoms with Gasteiger partial charge in [-0.2, -0.15) is 0 Å². The third kappa shape index (κ3) is 5.20. The highest BCUT2D eigenvalue weighted by Gasteiger charge is 2.28. The highest BCUT2D eigenvalue weighted by molar-refractivity contribution is 9.10. The van der Waals surface area contributed by atoms with Crippen LogP contribution in [0.3, 0.4) is 0 Å². The lowest BCUT2D eigenvalue weighted by atomic mass is 10.3. The van der Waals surface area contributed by atoms with E-state index in [-0.39, 0.29) is 5.84 Å². The van der Waals surface area contributed by atoms with Crippen molar-refractivity contribution in [3.8, 4) is 5.75 Å². The molecule has 0 spiro atoms. The molecular weight excluding hydrogens is 306 g/mol. The molecule has 0 atom stereocenters. The molecule has 1 saturated carbocycles. The zero-order valence-electron chi connectivity index (χ0n) is 10.9. The third-order valence-electron chi connectivity index (χ3n) is 3.17. The smallest absolute Gasteiger partial charge is 0.120 e. The van der Waals surface area contributed by atoms with Crippen LogP contribution < -0.4 is 10.5 Å². The largest absolute Gasteiger partial charge is 0.492 e. The summed E-state index contributed by atoms with van der Waals surface area (Å²) in [4.78, 5) is 2.37. The second-order valence-corrected chi connectivity index (χ2v) is 5.76. The minimum Gasteiger partial charge on any atom is -0.492 e. The first-order valence-corrected chi connectivity index (χ1v) is 7.40. The van der Waals surface area contributed by atoms with Gasteiger partial charge in [-0.3, -0.25) is 10.3 Å². The molecule has 1 aromatic rings. The van der Waals surface area contributed by atoms with Gasteiger partial charge in [0.25, 0.3) is 0 Å². The quantitative estimate of drug-likeness (QED) is 0.570. The standard InChI is InChI=1S/C14H20BrN3O/c15-11-2-1-3-13(10-11)19-9-8-18(12-4-5-12)7-6-14(16)17/h1-3,10,12H,4-9H2,(H3,16,17). The minimum absolute atomic E-state index is 0.263. The first-order chi connectivity index (χ1) is 9.15. The predicted octanol–water partition coefficient (Wildman–Crippen LogP) is 2.62. The molecule has 0 saturated heterocycles. The van der Waals surface area contributed by atoms with Gasteiger partial charge in [-0.05, 0) is 31.0 Å². The van der Waals surface area contributed by atoms with Crippen molar-refractivity contribution in [2.75, 3.05) is 19.7 Å². The van der Waals surface area contributed by atoms with Crippen molar-refractivity contribution < 1.29 is 4.74 Å². The van der Waals surface area contributed by atoms with Crippen LogP contribution in [0.25, 0.3) is 0 Å². The van der Waals surface area contributed by atoms with Crippen LogP contribution in [0.4, 0.5) is 0 Å². The lowest BCUT2D eigenvalue weighted by Gasteiger charge is -2.21. The molecule has 0 amide bonds. The van der Waals surface area contributed by atoms with Crippen molar-refractivity contribution in [2.45, 2.75) is 25.3 Å². The summed E-state index contributed by atoms with van der Waals surface area (Å²) in [7, 11) is 0. The second kappa shape index (κ2) is 6.91. The number of nitrogens with two attached hydrogens (primary N) is 1. The molecule has 0 radical (unpaired) electrons. The highest BCUT2D eigenvalue weighted by Crippen LogP contribution is 2.26. The molecule has 0 unspecified atom stereocenters. The molecule has 1 fully saturated rings. The van der Waals surface area contributed by atoms with Gasteiger partial charge in [-0.25, -0.2) is 0 Å². The maximum Gasteiger partial charge on any atom is 0.120 e. The van der Waals surface area contributed by atoms with Gasteiger partial charge in [0.2, 0.25) is 0 Å². The molecule has 5 heteroatoms. The molecule has 1 aliphatic carbocycles. The molecule has 4 nitrogen and oxygen atoms in total. The molecule has 0 aromatic heterocycles. The molecular formula is C14H20BrN3O. The summed E-state index contributed by atoms with van der Waals surface area (Å²) >= 11 is 3.43. The van der Waals surface area contributed by atoms with Crippen LogP contribution in [-0.4, -0.2) is 36.5 Å². The van der Waals surface area contributed by atoms with E-state index >= 15 is 0 Å². The number of halogens is 1. The van der Waals surface area contributed by atoms with Crippen LogP contribution in [0.1, 0.15) is 19.3 Å². The second-order valence-electron chi connectivity index (χ2n) is 4.85. The number of nitrogens with zero attached hydrogens (tertiary/aromatic N) is 1. The predicted molar refractivity (Wildman–Crippen MR) is 80.8 cm³/mol. The van der Waals surface area contributed by atoms with Crippen LogP contribution in [0.2, 0.25) is 0 Å². The van der Waals surface area contributed by atoms with E-state index in [1.165, 1.54) is 12.8 Å². The van der Waals surface area contributed by atoms with Gasteiger partial charge in [0.05, 0.1) is 5.84 Å². The Balaban J connectivity index is 1.74.